The highest BCUT2D eigenvalue weighted by Crippen LogP contribution is 2.40. The zero-order valence-electron chi connectivity index (χ0n) is 8.57. The Kier molecular flexibility index (Phi) is 4.27. The van der Waals surface area contributed by atoms with Crippen molar-refractivity contribution >= 4 is 29.2 Å². The van der Waals surface area contributed by atoms with Crippen molar-refractivity contribution < 1.29 is 22.7 Å². The van der Waals surface area contributed by atoms with Gasteiger partial charge < -0.3 is 4.74 Å². The second-order valence-corrected chi connectivity index (χ2v) is 3.79. The van der Waals surface area contributed by atoms with Crippen molar-refractivity contribution in [1.29, 1.82) is 0 Å². The summed E-state index contributed by atoms with van der Waals surface area (Å²) in [5.41, 5.74) is -1.92. The summed E-state index contributed by atoms with van der Waals surface area (Å²) in [6, 6.07) is 2.06. The Bertz CT molecular complexity index is 444. The maximum atomic E-state index is 12.7. The topological polar surface area (TPSA) is 26.3 Å². The van der Waals surface area contributed by atoms with Crippen LogP contribution in [-0.4, -0.2) is 12.6 Å². The van der Waals surface area contributed by atoms with Crippen LogP contribution in [0.4, 0.5) is 13.2 Å². The number of ether oxygens (including phenoxy) is 1. The van der Waals surface area contributed by atoms with Gasteiger partial charge in [-0.3, -0.25) is 0 Å². The molecule has 94 valence electrons. The van der Waals surface area contributed by atoms with E-state index in [0.29, 0.717) is 0 Å². The van der Waals surface area contributed by atoms with Gasteiger partial charge in [-0.1, -0.05) is 23.2 Å². The van der Waals surface area contributed by atoms with E-state index in [0.717, 1.165) is 12.1 Å². The first-order valence-corrected chi connectivity index (χ1v) is 5.27. The minimum absolute atomic E-state index is 0.0314. The van der Waals surface area contributed by atoms with Crippen LogP contribution in [0, 0.1) is 0 Å². The van der Waals surface area contributed by atoms with Crippen LogP contribution in [0.5, 0.6) is 0 Å². The molecule has 0 bridgehead atoms. The monoisotopic (exact) mass is 286 g/mol. The van der Waals surface area contributed by atoms with Crippen LogP contribution in [0.15, 0.2) is 12.1 Å². The molecule has 0 N–H and O–H groups in total. The number of halogens is 5. The minimum atomic E-state index is -4.77. The predicted octanol–water partition coefficient (Wildman–Crippen LogP) is 4.19. The number of benzene rings is 1. The van der Waals surface area contributed by atoms with E-state index in [1.807, 2.05) is 0 Å². The molecule has 1 aromatic carbocycles. The van der Waals surface area contributed by atoms with E-state index in [-0.39, 0.29) is 11.6 Å². The number of hydrogen-bond donors (Lipinski definition) is 0. The number of rotatable bonds is 2. The molecular formula is C10H7Cl2F3O2. The Balaban J connectivity index is 3.41. The molecule has 7 heteroatoms. The van der Waals surface area contributed by atoms with E-state index in [1.165, 1.54) is 6.92 Å². The highest BCUT2D eigenvalue weighted by molar-refractivity contribution is 6.42. The summed E-state index contributed by atoms with van der Waals surface area (Å²) in [6.45, 7) is 1.46. The largest absolute Gasteiger partial charge is 0.462 e. The van der Waals surface area contributed by atoms with Gasteiger partial charge in [0.25, 0.3) is 0 Å². The second-order valence-electron chi connectivity index (χ2n) is 3.00. The SMILES string of the molecule is CCOC(=O)c1ccc(Cl)c(Cl)c1C(F)(F)F. The molecule has 0 amide bonds. The average molecular weight is 287 g/mol. The molecule has 0 aromatic heterocycles. The maximum Gasteiger partial charge on any atom is 0.418 e. The molecule has 0 heterocycles. The van der Waals surface area contributed by atoms with Crippen LogP contribution in [0.1, 0.15) is 22.8 Å². The third-order valence-corrected chi connectivity index (χ3v) is 2.68. The van der Waals surface area contributed by atoms with Gasteiger partial charge in [0.1, 0.15) is 0 Å². The molecule has 0 fully saturated rings. The van der Waals surface area contributed by atoms with Gasteiger partial charge in [0.15, 0.2) is 0 Å². The lowest BCUT2D eigenvalue weighted by Crippen LogP contribution is -2.16. The third-order valence-electron chi connectivity index (χ3n) is 1.87. The summed E-state index contributed by atoms with van der Waals surface area (Å²) in [5, 5.41) is -0.975. The molecule has 17 heavy (non-hydrogen) atoms. The highest BCUT2D eigenvalue weighted by atomic mass is 35.5. The molecule has 0 saturated heterocycles. The predicted molar refractivity (Wildman–Crippen MR) is 57.4 cm³/mol. The van der Waals surface area contributed by atoms with Crippen LogP contribution in [-0.2, 0) is 10.9 Å². The lowest BCUT2D eigenvalue weighted by molar-refractivity contribution is -0.138. The van der Waals surface area contributed by atoms with Crippen LogP contribution < -0.4 is 0 Å². The van der Waals surface area contributed by atoms with Gasteiger partial charge in [0, 0.05) is 0 Å². The first-order valence-electron chi connectivity index (χ1n) is 4.51. The standard InChI is InChI=1S/C10H7Cl2F3O2/c1-2-17-9(16)5-3-4-6(11)8(12)7(5)10(13,14)15/h3-4H,2H2,1H3. The van der Waals surface area contributed by atoms with Crippen LogP contribution in [0.3, 0.4) is 0 Å². The Morgan fingerprint density at radius 2 is 1.94 bits per heavy atom. The zero-order valence-corrected chi connectivity index (χ0v) is 10.1. The number of esters is 1. The molecule has 0 aliphatic carbocycles. The summed E-state index contributed by atoms with van der Waals surface area (Å²) in [6.07, 6.45) is -4.77. The van der Waals surface area contributed by atoms with Gasteiger partial charge in [0.2, 0.25) is 0 Å². The number of carbonyl (C=O) groups is 1. The first kappa shape index (κ1) is 14.1. The van der Waals surface area contributed by atoms with Crippen molar-refractivity contribution in [2.24, 2.45) is 0 Å². The van der Waals surface area contributed by atoms with E-state index < -0.39 is 28.3 Å². The van der Waals surface area contributed by atoms with E-state index in [9.17, 15) is 18.0 Å². The molecule has 0 aliphatic heterocycles. The van der Waals surface area contributed by atoms with Gasteiger partial charge in [-0.15, -0.1) is 0 Å². The molecule has 0 radical (unpaired) electrons. The summed E-state index contributed by atoms with van der Waals surface area (Å²) < 4.78 is 42.7. The average Bonchev–Trinajstić information content (AvgIpc) is 2.20. The second kappa shape index (κ2) is 5.14. The van der Waals surface area contributed by atoms with Gasteiger partial charge in [-0.25, -0.2) is 4.79 Å². The zero-order chi connectivity index (χ0) is 13.2. The lowest BCUT2D eigenvalue weighted by atomic mass is 10.1. The van der Waals surface area contributed by atoms with Gasteiger partial charge >= 0.3 is 12.1 Å². The Hall–Kier alpha value is -0.940. The fourth-order valence-corrected chi connectivity index (χ4v) is 1.64. The van der Waals surface area contributed by atoms with E-state index in [1.54, 1.807) is 0 Å². The molecule has 2 nitrogen and oxygen atoms in total. The summed E-state index contributed by atoms with van der Waals surface area (Å²) >= 11 is 11.0. The third kappa shape index (κ3) is 3.04. The van der Waals surface area contributed by atoms with Crippen molar-refractivity contribution in [3.8, 4) is 0 Å². The molecular weight excluding hydrogens is 280 g/mol. The molecule has 0 spiro atoms. The number of carbonyl (C=O) groups excluding carboxylic acids is 1. The quantitative estimate of drug-likeness (QED) is 0.762. The molecule has 1 aromatic rings. The lowest BCUT2D eigenvalue weighted by Gasteiger charge is -2.14. The first-order chi connectivity index (χ1) is 7.79. The fraction of sp³-hybridized carbons (Fsp3) is 0.300. The Labute approximate surface area is 105 Å². The van der Waals surface area contributed by atoms with Crippen LogP contribution in [0.2, 0.25) is 10.0 Å². The van der Waals surface area contributed by atoms with Crippen molar-refractivity contribution in [1.82, 2.24) is 0 Å². The molecule has 1 rings (SSSR count). The molecule has 0 saturated carbocycles. The summed E-state index contributed by atoms with van der Waals surface area (Å²) in [5.74, 6) is -1.08. The Morgan fingerprint density at radius 3 is 2.41 bits per heavy atom. The van der Waals surface area contributed by atoms with E-state index in [4.69, 9.17) is 23.2 Å². The molecule has 0 unspecified atom stereocenters. The molecule has 0 aliphatic rings. The van der Waals surface area contributed by atoms with Crippen molar-refractivity contribution in [3.63, 3.8) is 0 Å². The van der Waals surface area contributed by atoms with Gasteiger partial charge in [-0.05, 0) is 19.1 Å². The van der Waals surface area contributed by atoms with Gasteiger partial charge in [-0.2, -0.15) is 13.2 Å². The Morgan fingerprint density at radius 1 is 1.35 bits per heavy atom. The number of alkyl halides is 3. The minimum Gasteiger partial charge on any atom is -0.462 e. The fourth-order valence-electron chi connectivity index (χ4n) is 1.21. The summed E-state index contributed by atoms with van der Waals surface area (Å²) in [4.78, 5) is 11.4. The van der Waals surface area contributed by atoms with Crippen LogP contribution in [0.25, 0.3) is 0 Å². The highest BCUT2D eigenvalue weighted by Gasteiger charge is 2.39. The van der Waals surface area contributed by atoms with E-state index >= 15 is 0 Å². The maximum absolute atomic E-state index is 12.7. The van der Waals surface area contributed by atoms with Crippen LogP contribution >= 0.6 is 23.2 Å². The molecule has 0 atom stereocenters. The number of hydrogen-bond acceptors (Lipinski definition) is 2. The van der Waals surface area contributed by atoms with Crippen molar-refractivity contribution in [2.45, 2.75) is 13.1 Å². The van der Waals surface area contributed by atoms with Crippen molar-refractivity contribution in [3.05, 3.63) is 33.3 Å². The summed E-state index contributed by atoms with van der Waals surface area (Å²) in [7, 11) is 0. The van der Waals surface area contributed by atoms with Gasteiger partial charge in [0.05, 0.1) is 27.8 Å². The van der Waals surface area contributed by atoms with E-state index in [2.05, 4.69) is 4.74 Å². The normalized spacial score (nSPS) is 11.4. The smallest absolute Gasteiger partial charge is 0.418 e. The van der Waals surface area contributed by atoms with Crippen molar-refractivity contribution in [2.75, 3.05) is 6.61 Å².